The lowest BCUT2D eigenvalue weighted by Gasteiger charge is -1.76. The SMILES string of the molecule is C=C([S])C(=O)O. The van der Waals surface area contributed by atoms with E-state index >= 15 is 0 Å². The molecular formula is C3H3O2S. The van der Waals surface area contributed by atoms with Crippen LogP contribution >= 0.6 is 12.6 Å². The van der Waals surface area contributed by atoms with Gasteiger partial charge < -0.3 is 5.11 Å². The Bertz CT molecular complexity index is 74.8. The maximum absolute atomic E-state index is 9.50. The van der Waals surface area contributed by atoms with E-state index in [1.165, 1.54) is 0 Å². The molecule has 0 aromatic carbocycles. The highest BCUT2D eigenvalue weighted by molar-refractivity contribution is 7.85. The Hall–Kier alpha value is -0.570. The summed E-state index contributed by atoms with van der Waals surface area (Å²) < 4.78 is 0. The van der Waals surface area contributed by atoms with Gasteiger partial charge in [-0.2, -0.15) is 0 Å². The number of hydrogen-bond donors (Lipinski definition) is 1. The summed E-state index contributed by atoms with van der Waals surface area (Å²) in [6.45, 7) is 2.97. The summed E-state index contributed by atoms with van der Waals surface area (Å²) in [5, 5.41) is 7.79. The molecule has 0 fully saturated rings. The number of hydrogen-bond acceptors (Lipinski definition) is 1. The van der Waals surface area contributed by atoms with Crippen LogP contribution in [-0.2, 0) is 4.79 Å². The van der Waals surface area contributed by atoms with Crippen LogP contribution in [0.3, 0.4) is 0 Å². The monoisotopic (exact) mass is 103 g/mol. The molecule has 33 valence electrons. The van der Waals surface area contributed by atoms with E-state index in [0.717, 1.165) is 0 Å². The van der Waals surface area contributed by atoms with Gasteiger partial charge in [-0.05, 0) is 0 Å². The predicted molar refractivity (Wildman–Crippen MR) is 24.4 cm³/mol. The van der Waals surface area contributed by atoms with Crippen molar-refractivity contribution in [3.8, 4) is 0 Å². The second-order valence-corrected chi connectivity index (χ2v) is 1.22. The quantitative estimate of drug-likeness (QED) is 0.498. The predicted octanol–water partition coefficient (Wildman–Crippen LogP) is 0.782. The number of carboxylic acid groups (broad SMARTS) is 1. The van der Waals surface area contributed by atoms with E-state index in [1.807, 2.05) is 0 Å². The molecule has 0 amide bonds. The molecule has 0 rings (SSSR count). The molecule has 0 bridgehead atoms. The Kier molecular flexibility index (Phi) is 1.60. The summed E-state index contributed by atoms with van der Waals surface area (Å²) in [6.07, 6.45) is 0. The molecule has 1 N–H and O–H groups in total. The molecule has 0 aromatic heterocycles. The Balaban J connectivity index is 3.57. The van der Waals surface area contributed by atoms with Crippen molar-refractivity contribution >= 4 is 18.6 Å². The first-order valence-electron chi connectivity index (χ1n) is 1.24. The van der Waals surface area contributed by atoms with Crippen molar-refractivity contribution in [2.45, 2.75) is 0 Å². The maximum atomic E-state index is 9.50. The van der Waals surface area contributed by atoms with E-state index in [0.29, 0.717) is 0 Å². The first-order chi connectivity index (χ1) is 2.64. The van der Waals surface area contributed by atoms with Crippen molar-refractivity contribution in [1.82, 2.24) is 0 Å². The molecule has 0 saturated carbocycles. The fourth-order valence-corrected chi connectivity index (χ4v) is 0. The van der Waals surface area contributed by atoms with Crippen LogP contribution in [0.1, 0.15) is 0 Å². The molecule has 0 aromatic rings. The zero-order valence-electron chi connectivity index (χ0n) is 2.97. The lowest BCUT2D eigenvalue weighted by molar-refractivity contribution is -0.131. The van der Waals surface area contributed by atoms with Crippen molar-refractivity contribution in [1.29, 1.82) is 0 Å². The van der Waals surface area contributed by atoms with Gasteiger partial charge in [-0.25, -0.2) is 4.79 Å². The summed E-state index contributed by atoms with van der Waals surface area (Å²) in [4.78, 5) is 9.25. The largest absolute Gasteiger partial charge is 0.477 e. The molecule has 2 nitrogen and oxygen atoms in total. The second-order valence-electron chi connectivity index (χ2n) is 0.728. The Morgan fingerprint density at radius 1 is 1.83 bits per heavy atom. The highest BCUT2D eigenvalue weighted by atomic mass is 32.1. The Labute approximate surface area is 40.9 Å². The lowest BCUT2D eigenvalue weighted by Crippen LogP contribution is -1.89. The molecule has 3 heteroatoms. The van der Waals surface area contributed by atoms with Crippen molar-refractivity contribution < 1.29 is 9.90 Å². The first kappa shape index (κ1) is 5.43. The highest BCUT2D eigenvalue weighted by Gasteiger charge is 1.93. The van der Waals surface area contributed by atoms with Crippen LogP contribution in [-0.4, -0.2) is 11.1 Å². The van der Waals surface area contributed by atoms with Crippen molar-refractivity contribution in [2.75, 3.05) is 0 Å². The number of carbonyl (C=O) groups is 1. The van der Waals surface area contributed by atoms with E-state index < -0.39 is 5.97 Å². The molecular weight excluding hydrogens is 100 g/mol. The molecule has 0 unspecified atom stereocenters. The summed E-state index contributed by atoms with van der Waals surface area (Å²) in [6, 6.07) is 0. The van der Waals surface area contributed by atoms with Gasteiger partial charge in [0.25, 0.3) is 0 Å². The normalized spacial score (nSPS) is 7.33. The fourth-order valence-electron chi connectivity index (χ4n) is 0. The standard InChI is InChI=1S/C3H3O2S/c1-2(6)3(4)5/h1H2,(H,4,5). The van der Waals surface area contributed by atoms with Gasteiger partial charge >= 0.3 is 5.97 Å². The van der Waals surface area contributed by atoms with Crippen LogP contribution in [0, 0.1) is 0 Å². The summed E-state index contributed by atoms with van der Waals surface area (Å²) in [7, 11) is 0. The van der Waals surface area contributed by atoms with Crippen molar-refractivity contribution in [2.24, 2.45) is 0 Å². The second kappa shape index (κ2) is 1.77. The minimum atomic E-state index is -1.12. The minimum Gasteiger partial charge on any atom is -0.477 e. The molecule has 0 heterocycles. The van der Waals surface area contributed by atoms with Gasteiger partial charge in [0.1, 0.15) is 4.91 Å². The van der Waals surface area contributed by atoms with E-state index in [4.69, 9.17) is 5.11 Å². The summed E-state index contributed by atoms with van der Waals surface area (Å²) in [5.74, 6) is -1.12. The third-order valence-electron chi connectivity index (χ3n) is 0.239. The Morgan fingerprint density at radius 2 is 2.00 bits per heavy atom. The topological polar surface area (TPSA) is 37.3 Å². The number of aliphatic carboxylic acids is 1. The van der Waals surface area contributed by atoms with Crippen LogP contribution in [0.15, 0.2) is 11.5 Å². The molecule has 0 saturated heterocycles. The van der Waals surface area contributed by atoms with Gasteiger partial charge in [0.15, 0.2) is 0 Å². The summed E-state index contributed by atoms with van der Waals surface area (Å²) in [5.41, 5.74) is 0. The molecule has 0 atom stereocenters. The lowest BCUT2D eigenvalue weighted by atomic mass is 10.7. The van der Waals surface area contributed by atoms with Crippen LogP contribution in [0.25, 0.3) is 0 Å². The van der Waals surface area contributed by atoms with E-state index in [9.17, 15) is 4.79 Å². The zero-order valence-corrected chi connectivity index (χ0v) is 3.79. The zero-order chi connectivity index (χ0) is 5.15. The van der Waals surface area contributed by atoms with Crippen molar-refractivity contribution in [3.05, 3.63) is 11.5 Å². The van der Waals surface area contributed by atoms with Crippen LogP contribution in [0.4, 0.5) is 0 Å². The molecule has 1 radical (unpaired) electrons. The number of rotatable bonds is 1. The third-order valence-corrected chi connectivity index (χ3v) is 0.413. The van der Waals surface area contributed by atoms with Crippen molar-refractivity contribution in [3.63, 3.8) is 0 Å². The fraction of sp³-hybridized carbons (Fsp3) is 0. The van der Waals surface area contributed by atoms with Gasteiger partial charge in [-0.3, -0.25) is 0 Å². The first-order valence-corrected chi connectivity index (χ1v) is 1.64. The molecule has 0 spiro atoms. The van der Waals surface area contributed by atoms with Gasteiger partial charge in [0.2, 0.25) is 0 Å². The van der Waals surface area contributed by atoms with E-state index in [1.54, 1.807) is 0 Å². The smallest absolute Gasteiger partial charge is 0.346 e. The minimum absolute atomic E-state index is 0.241. The average molecular weight is 103 g/mol. The molecule has 0 aliphatic carbocycles. The number of carboxylic acids is 1. The maximum Gasteiger partial charge on any atom is 0.346 e. The van der Waals surface area contributed by atoms with Gasteiger partial charge in [0, 0.05) is 0 Å². The highest BCUT2D eigenvalue weighted by Crippen LogP contribution is 1.91. The van der Waals surface area contributed by atoms with Crippen LogP contribution in [0.2, 0.25) is 0 Å². The van der Waals surface area contributed by atoms with Gasteiger partial charge in [-0.15, -0.1) is 0 Å². The van der Waals surface area contributed by atoms with Crippen LogP contribution < -0.4 is 0 Å². The summed E-state index contributed by atoms with van der Waals surface area (Å²) >= 11 is 4.11. The van der Waals surface area contributed by atoms with E-state index in [-0.39, 0.29) is 4.91 Å². The Morgan fingerprint density at radius 3 is 2.00 bits per heavy atom. The van der Waals surface area contributed by atoms with Gasteiger partial charge in [-0.1, -0.05) is 19.2 Å². The average Bonchev–Trinajstić information content (AvgIpc) is 1.36. The molecule has 0 aliphatic rings. The third kappa shape index (κ3) is 1.72. The van der Waals surface area contributed by atoms with E-state index in [2.05, 4.69) is 19.2 Å². The molecule has 0 aliphatic heterocycles. The molecule has 6 heavy (non-hydrogen) atoms. The van der Waals surface area contributed by atoms with Crippen LogP contribution in [0.5, 0.6) is 0 Å². The van der Waals surface area contributed by atoms with Gasteiger partial charge in [0.05, 0.1) is 0 Å².